The van der Waals surface area contributed by atoms with Gasteiger partial charge in [-0.25, -0.2) is 0 Å². The van der Waals surface area contributed by atoms with E-state index in [0.29, 0.717) is 18.9 Å². The number of nitro groups is 1. The van der Waals surface area contributed by atoms with Gasteiger partial charge in [-0.2, -0.15) is 0 Å². The van der Waals surface area contributed by atoms with Gasteiger partial charge in [-0.3, -0.25) is 19.8 Å². The second-order valence-electron chi connectivity index (χ2n) is 7.02. The highest BCUT2D eigenvalue weighted by atomic mass is 16.6. The first-order valence-electron chi connectivity index (χ1n) is 9.69. The van der Waals surface area contributed by atoms with Gasteiger partial charge in [-0.15, -0.1) is 0 Å². The molecule has 0 bridgehead atoms. The number of benzene rings is 2. The lowest BCUT2D eigenvalue weighted by Crippen LogP contribution is -2.49. The molecule has 2 aromatic carbocycles. The van der Waals surface area contributed by atoms with E-state index in [2.05, 4.69) is 27.7 Å². The van der Waals surface area contributed by atoms with Crippen LogP contribution in [0.15, 0.2) is 54.6 Å². The fourth-order valence-corrected chi connectivity index (χ4v) is 3.62. The number of rotatable bonds is 8. The number of amides is 1. The number of non-ortho nitro benzene ring substituents is 1. The van der Waals surface area contributed by atoms with Crippen molar-refractivity contribution in [1.82, 2.24) is 10.2 Å². The Hall–Kier alpha value is -2.97. The summed E-state index contributed by atoms with van der Waals surface area (Å²) in [5.74, 6) is -0.168. The SMILES string of the molecule is C[C@@H](NC(=O)CNc1cccc([N+](=O)[O-])c1)[C@@H](c1ccccc1)N1CCOCC1. The predicted molar refractivity (Wildman–Crippen MR) is 111 cm³/mol. The molecule has 154 valence electrons. The van der Waals surface area contributed by atoms with E-state index >= 15 is 0 Å². The van der Waals surface area contributed by atoms with Crippen molar-refractivity contribution in [1.29, 1.82) is 0 Å². The van der Waals surface area contributed by atoms with Gasteiger partial charge < -0.3 is 15.4 Å². The molecule has 1 aliphatic heterocycles. The normalized spacial score (nSPS) is 16.6. The maximum absolute atomic E-state index is 12.5. The number of carbonyl (C=O) groups excluding carboxylic acids is 1. The summed E-state index contributed by atoms with van der Waals surface area (Å²) in [7, 11) is 0. The zero-order valence-electron chi connectivity index (χ0n) is 16.4. The van der Waals surface area contributed by atoms with Gasteiger partial charge in [0.1, 0.15) is 0 Å². The van der Waals surface area contributed by atoms with Crippen molar-refractivity contribution in [3.05, 3.63) is 70.3 Å². The first-order valence-corrected chi connectivity index (χ1v) is 9.69. The molecule has 0 aromatic heterocycles. The summed E-state index contributed by atoms with van der Waals surface area (Å²) >= 11 is 0. The van der Waals surface area contributed by atoms with Crippen molar-refractivity contribution in [3.63, 3.8) is 0 Å². The molecule has 1 aliphatic rings. The lowest BCUT2D eigenvalue weighted by atomic mass is 9.98. The van der Waals surface area contributed by atoms with Crippen molar-refractivity contribution < 1.29 is 14.5 Å². The third-order valence-corrected chi connectivity index (χ3v) is 4.95. The Morgan fingerprint density at radius 1 is 1.17 bits per heavy atom. The van der Waals surface area contributed by atoms with Crippen LogP contribution in [-0.2, 0) is 9.53 Å². The number of nitrogens with zero attached hydrogens (tertiary/aromatic N) is 2. The number of hydrogen-bond acceptors (Lipinski definition) is 6. The Morgan fingerprint density at radius 2 is 1.90 bits per heavy atom. The number of hydrogen-bond donors (Lipinski definition) is 2. The average molecular weight is 398 g/mol. The molecule has 29 heavy (non-hydrogen) atoms. The third-order valence-electron chi connectivity index (χ3n) is 4.95. The number of nitro benzene ring substituents is 1. The number of carbonyl (C=O) groups is 1. The van der Waals surface area contributed by atoms with E-state index in [4.69, 9.17) is 4.74 Å². The fourth-order valence-electron chi connectivity index (χ4n) is 3.62. The molecular weight excluding hydrogens is 372 g/mol. The second kappa shape index (κ2) is 9.99. The van der Waals surface area contributed by atoms with Gasteiger partial charge >= 0.3 is 0 Å². The molecule has 0 saturated carbocycles. The van der Waals surface area contributed by atoms with Gasteiger partial charge in [0, 0.05) is 37.0 Å². The molecule has 0 spiro atoms. The van der Waals surface area contributed by atoms with Crippen molar-refractivity contribution in [2.45, 2.75) is 19.0 Å². The van der Waals surface area contributed by atoms with E-state index in [9.17, 15) is 14.9 Å². The zero-order valence-corrected chi connectivity index (χ0v) is 16.4. The quantitative estimate of drug-likeness (QED) is 0.524. The number of nitrogens with one attached hydrogen (secondary N) is 2. The van der Waals surface area contributed by atoms with E-state index in [1.165, 1.54) is 12.1 Å². The average Bonchev–Trinajstić information content (AvgIpc) is 2.74. The largest absolute Gasteiger partial charge is 0.379 e. The number of ether oxygens (including phenoxy) is 1. The smallest absolute Gasteiger partial charge is 0.271 e. The molecule has 8 heteroatoms. The van der Waals surface area contributed by atoms with Crippen LogP contribution >= 0.6 is 0 Å². The van der Waals surface area contributed by atoms with Crippen LogP contribution in [-0.4, -0.2) is 54.6 Å². The highest BCUT2D eigenvalue weighted by molar-refractivity contribution is 5.81. The Balaban J connectivity index is 1.62. The lowest BCUT2D eigenvalue weighted by molar-refractivity contribution is -0.384. The van der Waals surface area contributed by atoms with Crippen LogP contribution in [0.5, 0.6) is 0 Å². The molecule has 2 atom stereocenters. The van der Waals surface area contributed by atoms with E-state index < -0.39 is 4.92 Å². The van der Waals surface area contributed by atoms with Crippen LogP contribution < -0.4 is 10.6 Å². The molecule has 2 N–H and O–H groups in total. The summed E-state index contributed by atoms with van der Waals surface area (Å²) in [5.41, 5.74) is 1.67. The van der Waals surface area contributed by atoms with Crippen molar-refractivity contribution in [3.8, 4) is 0 Å². The topological polar surface area (TPSA) is 96.7 Å². The standard InChI is InChI=1S/C21H26N4O4/c1-16(21(17-6-3-2-4-7-17)24-10-12-29-13-11-24)23-20(26)15-22-18-8-5-9-19(14-18)25(27)28/h2-9,14,16,21-22H,10-13,15H2,1H3,(H,23,26)/t16-,21+/m1/s1. The van der Waals surface area contributed by atoms with Crippen LogP contribution in [0.3, 0.4) is 0 Å². The Bertz CT molecular complexity index is 824. The van der Waals surface area contributed by atoms with E-state index in [-0.39, 0.29) is 30.2 Å². The summed E-state index contributed by atoms with van der Waals surface area (Å²) < 4.78 is 5.47. The first kappa shape index (κ1) is 20.8. The van der Waals surface area contributed by atoms with Gasteiger partial charge in [-0.05, 0) is 18.6 Å². The molecule has 1 saturated heterocycles. The molecular formula is C21H26N4O4. The molecule has 0 radical (unpaired) electrons. The molecule has 0 aliphatic carbocycles. The molecule has 3 rings (SSSR count). The fraction of sp³-hybridized carbons (Fsp3) is 0.381. The molecule has 1 fully saturated rings. The monoisotopic (exact) mass is 398 g/mol. The van der Waals surface area contributed by atoms with Crippen molar-refractivity contribution in [2.24, 2.45) is 0 Å². The predicted octanol–water partition coefficient (Wildman–Crippen LogP) is 2.58. The number of morpholine rings is 1. The minimum atomic E-state index is -0.458. The van der Waals surface area contributed by atoms with Crippen LogP contribution in [0.4, 0.5) is 11.4 Å². The second-order valence-corrected chi connectivity index (χ2v) is 7.02. The zero-order chi connectivity index (χ0) is 20.6. The van der Waals surface area contributed by atoms with E-state index in [1.54, 1.807) is 12.1 Å². The van der Waals surface area contributed by atoms with Gasteiger partial charge in [0.2, 0.25) is 5.91 Å². The molecule has 1 amide bonds. The molecule has 0 unspecified atom stereocenters. The van der Waals surface area contributed by atoms with Crippen LogP contribution in [0, 0.1) is 10.1 Å². The molecule has 2 aromatic rings. The van der Waals surface area contributed by atoms with Gasteiger partial charge in [-0.1, -0.05) is 36.4 Å². The molecule has 1 heterocycles. The molecule has 8 nitrogen and oxygen atoms in total. The Morgan fingerprint density at radius 3 is 2.59 bits per heavy atom. The summed E-state index contributed by atoms with van der Waals surface area (Å²) in [6, 6.07) is 16.2. The third kappa shape index (κ3) is 5.75. The van der Waals surface area contributed by atoms with E-state index in [0.717, 1.165) is 18.7 Å². The summed E-state index contributed by atoms with van der Waals surface area (Å²) in [4.78, 5) is 25.3. The highest BCUT2D eigenvalue weighted by Gasteiger charge is 2.28. The van der Waals surface area contributed by atoms with Gasteiger partial charge in [0.05, 0.1) is 30.7 Å². The lowest BCUT2D eigenvalue weighted by Gasteiger charge is -2.38. The summed E-state index contributed by atoms with van der Waals surface area (Å²) in [6.45, 7) is 5.02. The van der Waals surface area contributed by atoms with Crippen molar-refractivity contribution >= 4 is 17.3 Å². The Kier molecular flexibility index (Phi) is 7.15. The maximum atomic E-state index is 12.5. The van der Waals surface area contributed by atoms with E-state index in [1.807, 2.05) is 25.1 Å². The number of anilines is 1. The van der Waals surface area contributed by atoms with Gasteiger partial charge in [0.15, 0.2) is 0 Å². The summed E-state index contributed by atoms with van der Waals surface area (Å²) in [6.07, 6.45) is 0. The minimum Gasteiger partial charge on any atom is -0.379 e. The maximum Gasteiger partial charge on any atom is 0.271 e. The summed E-state index contributed by atoms with van der Waals surface area (Å²) in [5, 5.41) is 16.9. The first-order chi connectivity index (χ1) is 14.0. The van der Waals surface area contributed by atoms with Crippen molar-refractivity contribution in [2.75, 3.05) is 38.2 Å². The van der Waals surface area contributed by atoms with Gasteiger partial charge in [0.25, 0.3) is 5.69 Å². The highest BCUT2D eigenvalue weighted by Crippen LogP contribution is 2.25. The van der Waals surface area contributed by atoms with Crippen LogP contribution in [0.1, 0.15) is 18.5 Å². The Labute approximate surface area is 170 Å². The van der Waals surface area contributed by atoms with Crippen LogP contribution in [0.25, 0.3) is 0 Å². The van der Waals surface area contributed by atoms with Crippen LogP contribution in [0.2, 0.25) is 0 Å². The minimum absolute atomic E-state index is 0.0137.